The Bertz CT molecular complexity index is 858. The summed E-state index contributed by atoms with van der Waals surface area (Å²) in [5.41, 5.74) is 0.732. The molecule has 0 fully saturated rings. The monoisotopic (exact) mass is 374 g/mol. The van der Waals surface area contributed by atoms with Crippen molar-refractivity contribution in [2.45, 2.75) is 25.3 Å². The predicted octanol–water partition coefficient (Wildman–Crippen LogP) is 3.37. The fraction of sp³-hybridized carbons (Fsp3) is 0.316. The molecule has 0 saturated heterocycles. The summed E-state index contributed by atoms with van der Waals surface area (Å²) in [7, 11) is 1.82. The van der Waals surface area contributed by atoms with Crippen LogP contribution in [0.2, 0.25) is 0 Å². The van der Waals surface area contributed by atoms with Crippen molar-refractivity contribution in [1.82, 2.24) is 14.6 Å². The third-order valence-electron chi connectivity index (χ3n) is 4.26. The molecule has 1 amide bonds. The number of ether oxygens (including phenoxy) is 1. The molecule has 2 aromatic rings. The molecule has 27 heavy (non-hydrogen) atoms. The number of carbonyl (C=O) groups is 1. The number of carbonyl (C=O) groups excluding carboxylic acids is 1. The number of aryl methyl sites for hydroxylation is 1. The zero-order valence-electron chi connectivity index (χ0n) is 14.9. The van der Waals surface area contributed by atoms with Crippen molar-refractivity contribution >= 4 is 12.1 Å². The van der Waals surface area contributed by atoms with E-state index < -0.39 is 17.7 Å². The molecule has 0 radical (unpaired) electrons. The SMILES string of the molecule is C=C(CCCOc1cncn1C)C(=O)N1N=CCC1c1cc(F)cc(F)c1. The molecule has 1 atom stereocenters. The molecule has 2 heterocycles. The second-order valence-electron chi connectivity index (χ2n) is 6.30. The van der Waals surface area contributed by atoms with Gasteiger partial charge < -0.3 is 9.30 Å². The van der Waals surface area contributed by atoms with Gasteiger partial charge in [0.25, 0.3) is 5.91 Å². The molecule has 8 heteroatoms. The molecule has 1 unspecified atom stereocenters. The van der Waals surface area contributed by atoms with Crippen molar-refractivity contribution in [3.63, 3.8) is 0 Å². The van der Waals surface area contributed by atoms with E-state index in [0.29, 0.717) is 42.9 Å². The van der Waals surface area contributed by atoms with Crippen LogP contribution in [0, 0.1) is 11.6 Å². The summed E-state index contributed by atoms with van der Waals surface area (Å²) in [6.07, 6.45) is 6.22. The Morgan fingerprint density at radius 3 is 2.74 bits per heavy atom. The first kappa shape index (κ1) is 18.8. The lowest BCUT2D eigenvalue weighted by molar-refractivity contribution is -0.129. The highest BCUT2D eigenvalue weighted by Gasteiger charge is 2.30. The second-order valence-corrected chi connectivity index (χ2v) is 6.30. The minimum absolute atomic E-state index is 0.362. The first-order chi connectivity index (χ1) is 13.0. The number of hydrazone groups is 1. The van der Waals surface area contributed by atoms with Crippen LogP contribution in [0.3, 0.4) is 0 Å². The molecule has 142 valence electrons. The van der Waals surface area contributed by atoms with Gasteiger partial charge in [-0.1, -0.05) is 6.58 Å². The van der Waals surface area contributed by atoms with Crippen LogP contribution in [-0.2, 0) is 11.8 Å². The third-order valence-corrected chi connectivity index (χ3v) is 4.26. The normalized spacial score (nSPS) is 16.0. The van der Waals surface area contributed by atoms with Gasteiger partial charge in [0.05, 0.1) is 25.2 Å². The highest BCUT2D eigenvalue weighted by molar-refractivity contribution is 5.94. The molecule has 3 rings (SSSR count). The number of nitrogens with zero attached hydrogens (tertiary/aromatic N) is 4. The van der Waals surface area contributed by atoms with Crippen molar-refractivity contribution in [3.8, 4) is 5.88 Å². The summed E-state index contributed by atoms with van der Waals surface area (Å²) >= 11 is 0. The molecule has 1 aromatic heterocycles. The van der Waals surface area contributed by atoms with Gasteiger partial charge in [0, 0.05) is 31.3 Å². The second kappa shape index (κ2) is 8.11. The summed E-state index contributed by atoms with van der Waals surface area (Å²) in [6, 6.07) is 2.69. The number of aromatic nitrogens is 2. The molecule has 0 saturated carbocycles. The molecule has 0 N–H and O–H groups in total. The van der Waals surface area contributed by atoms with Crippen LogP contribution < -0.4 is 4.74 Å². The van der Waals surface area contributed by atoms with E-state index in [1.807, 2.05) is 7.05 Å². The summed E-state index contributed by atoms with van der Waals surface area (Å²) in [5, 5.41) is 5.30. The number of benzene rings is 1. The summed E-state index contributed by atoms with van der Waals surface area (Å²) in [4.78, 5) is 16.6. The number of amides is 1. The van der Waals surface area contributed by atoms with E-state index in [9.17, 15) is 13.6 Å². The quantitative estimate of drug-likeness (QED) is 0.551. The number of hydrogen-bond acceptors (Lipinski definition) is 4. The fourth-order valence-corrected chi connectivity index (χ4v) is 2.87. The van der Waals surface area contributed by atoms with Gasteiger partial charge in [-0.15, -0.1) is 0 Å². The van der Waals surface area contributed by atoms with Gasteiger partial charge in [-0.05, 0) is 30.5 Å². The van der Waals surface area contributed by atoms with E-state index in [1.165, 1.54) is 17.1 Å². The van der Waals surface area contributed by atoms with Crippen molar-refractivity contribution in [2.24, 2.45) is 12.1 Å². The Morgan fingerprint density at radius 1 is 1.33 bits per heavy atom. The maximum absolute atomic E-state index is 13.5. The van der Waals surface area contributed by atoms with Crippen LogP contribution in [0.15, 0.2) is 48.0 Å². The van der Waals surface area contributed by atoms with Gasteiger partial charge in [-0.25, -0.2) is 18.8 Å². The van der Waals surface area contributed by atoms with Gasteiger partial charge in [0.15, 0.2) is 0 Å². The molecular formula is C19H20F2N4O2. The number of imidazole rings is 1. The van der Waals surface area contributed by atoms with E-state index >= 15 is 0 Å². The van der Waals surface area contributed by atoms with E-state index in [-0.39, 0.29) is 5.91 Å². The first-order valence-corrected chi connectivity index (χ1v) is 8.54. The molecule has 0 bridgehead atoms. The Hall–Kier alpha value is -3.03. The number of hydrogen-bond donors (Lipinski definition) is 0. The van der Waals surface area contributed by atoms with Crippen molar-refractivity contribution in [3.05, 3.63) is 60.1 Å². The minimum atomic E-state index is -0.685. The Balaban J connectivity index is 1.56. The fourth-order valence-electron chi connectivity index (χ4n) is 2.87. The predicted molar refractivity (Wildman–Crippen MR) is 96.1 cm³/mol. The molecule has 1 aromatic carbocycles. The van der Waals surface area contributed by atoms with Crippen LogP contribution in [0.5, 0.6) is 5.88 Å². The molecule has 6 nitrogen and oxygen atoms in total. The van der Waals surface area contributed by atoms with Gasteiger partial charge in [-0.2, -0.15) is 5.10 Å². The van der Waals surface area contributed by atoms with Crippen LogP contribution in [0.1, 0.15) is 30.9 Å². The largest absolute Gasteiger partial charge is 0.478 e. The smallest absolute Gasteiger partial charge is 0.269 e. The molecule has 0 spiro atoms. The van der Waals surface area contributed by atoms with Crippen LogP contribution in [-0.4, -0.2) is 33.3 Å². The Kier molecular flexibility index (Phi) is 5.63. The first-order valence-electron chi connectivity index (χ1n) is 8.54. The molecule has 1 aliphatic rings. The Morgan fingerprint density at radius 2 is 2.07 bits per heavy atom. The van der Waals surface area contributed by atoms with Gasteiger partial charge in [-0.3, -0.25) is 4.79 Å². The van der Waals surface area contributed by atoms with E-state index in [1.54, 1.807) is 23.3 Å². The molecule has 0 aliphatic carbocycles. The van der Waals surface area contributed by atoms with Crippen molar-refractivity contribution in [2.75, 3.05) is 6.61 Å². The highest BCUT2D eigenvalue weighted by Crippen LogP contribution is 2.30. The summed E-state index contributed by atoms with van der Waals surface area (Å²) in [6.45, 7) is 4.24. The maximum atomic E-state index is 13.5. The van der Waals surface area contributed by atoms with E-state index in [4.69, 9.17) is 4.74 Å². The van der Waals surface area contributed by atoms with Crippen molar-refractivity contribution < 1.29 is 18.3 Å². The summed E-state index contributed by atoms with van der Waals surface area (Å²) < 4.78 is 34.3. The lowest BCUT2D eigenvalue weighted by atomic mass is 10.0. The van der Waals surface area contributed by atoms with Crippen LogP contribution >= 0.6 is 0 Å². The minimum Gasteiger partial charge on any atom is -0.478 e. The topological polar surface area (TPSA) is 59.7 Å². The maximum Gasteiger partial charge on any atom is 0.269 e. The number of halogens is 2. The zero-order valence-corrected chi connectivity index (χ0v) is 14.9. The average molecular weight is 374 g/mol. The van der Waals surface area contributed by atoms with Crippen molar-refractivity contribution in [1.29, 1.82) is 0 Å². The Labute approximate surface area is 155 Å². The molecule has 1 aliphatic heterocycles. The van der Waals surface area contributed by atoms with Crippen LogP contribution in [0.25, 0.3) is 0 Å². The standard InChI is InChI=1S/C19H20F2N4O2/c1-13(4-3-7-27-18-11-22-12-24(18)2)19(26)25-17(5-6-23-25)14-8-15(20)10-16(21)9-14/h6,8-12,17H,1,3-5,7H2,2H3. The van der Waals surface area contributed by atoms with Gasteiger partial charge in [0.1, 0.15) is 11.6 Å². The average Bonchev–Trinajstić information content (AvgIpc) is 3.26. The summed E-state index contributed by atoms with van der Waals surface area (Å²) in [5.74, 6) is -1.09. The zero-order chi connectivity index (χ0) is 19.4. The van der Waals surface area contributed by atoms with E-state index in [2.05, 4.69) is 16.7 Å². The van der Waals surface area contributed by atoms with E-state index in [0.717, 1.165) is 6.07 Å². The third kappa shape index (κ3) is 4.39. The van der Waals surface area contributed by atoms with Crippen LogP contribution in [0.4, 0.5) is 8.78 Å². The van der Waals surface area contributed by atoms with Gasteiger partial charge in [0.2, 0.25) is 5.88 Å². The highest BCUT2D eigenvalue weighted by atomic mass is 19.1. The lowest BCUT2D eigenvalue weighted by Crippen LogP contribution is -2.28. The van der Waals surface area contributed by atoms with Gasteiger partial charge >= 0.3 is 0 Å². The number of rotatable bonds is 7. The lowest BCUT2D eigenvalue weighted by Gasteiger charge is -2.23. The molecular weight excluding hydrogens is 354 g/mol.